The Morgan fingerprint density at radius 3 is 2.89 bits per heavy atom. The van der Waals surface area contributed by atoms with Gasteiger partial charge in [-0.3, -0.25) is 9.88 Å². The lowest BCUT2D eigenvalue weighted by molar-refractivity contribution is 0.328. The van der Waals surface area contributed by atoms with E-state index in [1.165, 1.54) is 5.56 Å². The molecule has 1 aliphatic heterocycles. The zero-order chi connectivity index (χ0) is 12.9. The highest BCUT2D eigenvalue weighted by atomic mass is 15.2. The highest BCUT2D eigenvalue weighted by molar-refractivity contribution is 5.32. The van der Waals surface area contributed by atoms with Gasteiger partial charge >= 0.3 is 0 Å². The molecule has 1 aromatic heterocycles. The van der Waals surface area contributed by atoms with E-state index in [2.05, 4.69) is 50.5 Å². The van der Waals surface area contributed by atoms with Crippen molar-refractivity contribution in [3.05, 3.63) is 54.5 Å². The molecule has 1 saturated heterocycles. The Morgan fingerprint density at radius 2 is 2.11 bits per heavy atom. The van der Waals surface area contributed by atoms with E-state index in [1.54, 1.807) is 18.6 Å². The maximum atomic E-state index is 4.26. The standard InChI is InChI=1S/C15H18N4/c1-2-4-13(5-3-1)11-19-9-6-14(12-19)18-15-10-16-7-8-17-15/h1-5,7-8,10,14H,6,9,11-12H2,(H,17,18). The van der Waals surface area contributed by atoms with Crippen LogP contribution in [0.4, 0.5) is 5.82 Å². The van der Waals surface area contributed by atoms with E-state index in [9.17, 15) is 0 Å². The molecule has 3 rings (SSSR count). The summed E-state index contributed by atoms with van der Waals surface area (Å²) in [6.07, 6.45) is 6.35. The Labute approximate surface area is 113 Å². The average Bonchev–Trinajstić information content (AvgIpc) is 2.88. The number of hydrogen-bond acceptors (Lipinski definition) is 4. The second kappa shape index (κ2) is 5.80. The number of benzene rings is 1. The zero-order valence-electron chi connectivity index (χ0n) is 10.9. The number of nitrogens with zero attached hydrogens (tertiary/aromatic N) is 3. The Hall–Kier alpha value is -1.94. The summed E-state index contributed by atoms with van der Waals surface area (Å²) < 4.78 is 0. The van der Waals surface area contributed by atoms with E-state index in [0.717, 1.165) is 31.9 Å². The summed E-state index contributed by atoms with van der Waals surface area (Å²) in [5.74, 6) is 0.870. The van der Waals surface area contributed by atoms with Gasteiger partial charge in [0.15, 0.2) is 0 Å². The molecule has 1 aromatic carbocycles. The number of rotatable bonds is 4. The first-order chi connectivity index (χ1) is 9.40. The van der Waals surface area contributed by atoms with Crippen molar-refractivity contribution in [2.45, 2.75) is 19.0 Å². The van der Waals surface area contributed by atoms with Crippen molar-refractivity contribution in [2.75, 3.05) is 18.4 Å². The molecule has 98 valence electrons. The third kappa shape index (κ3) is 3.29. The predicted octanol–water partition coefficient (Wildman–Crippen LogP) is 2.16. The molecule has 0 spiro atoms. The second-order valence-electron chi connectivity index (χ2n) is 4.94. The fraction of sp³-hybridized carbons (Fsp3) is 0.333. The van der Waals surface area contributed by atoms with Crippen LogP contribution in [0, 0.1) is 0 Å². The van der Waals surface area contributed by atoms with Crippen LogP contribution < -0.4 is 5.32 Å². The van der Waals surface area contributed by atoms with E-state index >= 15 is 0 Å². The Balaban J connectivity index is 1.53. The summed E-state index contributed by atoms with van der Waals surface area (Å²) in [6.45, 7) is 3.22. The summed E-state index contributed by atoms with van der Waals surface area (Å²) in [5, 5.41) is 3.44. The van der Waals surface area contributed by atoms with Crippen LogP contribution in [0.1, 0.15) is 12.0 Å². The minimum atomic E-state index is 0.473. The number of aromatic nitrogens is 2. The first-order valence-corrected chi connectivity index (χ1v) is 6.69. The fourth-order valence-corrected chi connectivity index (χ4v) is 2.52. The van der Waals surface area contributed by atoms with Gasteiger partial charge in [0.05, 0.1) is 6.20 Å². The molecule has 2 heterocycles. The van der Waals surface area contributed by atoms with Crippen LogP contribution in [0.15, 0.2) is 48.9 Å². The van der Waals surface area contributed by atoms with Crippen molar-refractivity contribution < 1.29 is 0 Å². The van der Waals surface area contributed by atoms with Crippen molar-refractivity contribution >= 4 is 5.82 Å². The SMILES string of the molecule is c1ccc(CN2CCC(Nc3cnccn3)C2)cc1. The smallest absolute Gasteiger partial charge is 0.144 e. The van der Waals surface area contributed by atoms with Gasteiger partial charge in [0.25, 0.3) is 0 Å². The van der Waals surface area contributed by atoms with E-state index in [4.69, 9.17) is 0 Å². The molecule has 1 atom stereocenters. The minimum Gasteiger partial charge on any atom is -0.365 e. The molecule has 2 aromatic rings. The lowest BCUT2D eigenvalue weighted by Gasteiger charge is -2.16. The molecule has 4 nitrogen and oxygen atoms in total. The normalized spacial score (nSPS) is 19.5. The van der Waals surface area contributed by atoms with Crippen molar-refractivity contribution in [1.82, 2.24) is 14.9 Å². The third-order valence-corrected chi connectivity index (χ3v) is 3.44. The molecule has 0 saturated carbocycles. The van der Waals surface area contributed by atoms with Gasteiger partial charge in [-0.25, -0.2) is 4.98 Å². The Kier molecular flexibility index (Phi) is 3.70. The molecular formula is C15H18N4. The summed E-state index contributed by atoms with van der Waals surface area (Å²) in [7, 11) is 0. The Bertz CT molecular complexity index is 453. The maximum absolute atomic E-state index is 4.26. The Morgan fingerprint density at radius 1 is 1.21 bits per heavy atom. The summed E-state index contributed by atoms with van der Waals surface area (Å²) in [5.41, 5.74) is 1.38. The van der Waals surface area contributed by atoms with E-state index < -0.39 is 0 Å². The first kappa shape index (κ1) is 12.1. The zero-order valence-corrected chi connectivity index (χ0v) is 10.9. The van der Waals surface area contributed by atoms with Gasteiger partial charge in [-0.05, 0) is 12.0 Å². The second-order valence-corrected chi connectivity index (χ2v) is 4.94. The van der Waals surface area contributed by atoms with E-state index in [-0.39, 0.29) is 0 Å². The summed E-state index contributed by atoms with van der Waals surface area (Å²) in [6, 6.07) is 11.1. The molecule has 1 aliphatic rings. The van der Waals surface area contributed by atoms with Crippen LogP contribution in [-0.4, -0.2) is 34.0 Å². The topological polar surface area (TPSA) is 41.0 Å². The van der Waals surface area contributed by atoms with Gasteiger partial charge in [-0.1, -0.05) is 30.3 Å². The quantitative estimate of drug-likeness (QED) is 0.908. The van der Waals surface area contributed by atoms with Crippen molar-refractivity contribution in [2.24, 2.45) is 0 Å². The van der Waals surface area contributed by atoms with Crippen LogP contribution in [0.25, 0.3) is 0 Å². The molecule has 4 heteroatoms. The molecule has 1 unspecified atom stereocenters. The largest absolute Gasteiger partial charge is 0.365 e. The van der Waals surface area contributed by atoms with Gasteiger partial charge < -0.3 is 5.32 Å². The van der Waals surface area contributed by atoms with Gasteiger partial charge in [0.1, 0.15) is 5.82 Å². The summed E-state index contributed by atoms with van der Waals surface area (Å²) in [4.78, 5) is 10.8. The van der Waals surface area contributed by atoms with Crippen LogP contribution >= 0.6 is 0 Å². The van der Waals surface area contributed by atoms with Crippen molar-refractivity contribution in [3.63, 3.8) is 0 Å². The maximum Gasteiger partial charge on any atom is 0.144 e. The highest BCUT2D eigenvalue weighted by Gasteiger charge is 2.22. The van der Waals surface area contributed by atoms with Crippen LogP contribution in [0.3, 0.4) is 0 Å². The highest BCUT2D eigenvalue weighted by Crippen LogP contribution is 2.16. The molecule has 0 bridgehead atoms. The van der Waals surface area contributed by atoms with E-state index in [0.29, 0.717) is 6.04 Å². The monoisotopic (exact) mass is 254 g/mol. The third-order valence-electron chi connectivity index (χ3n) is 3.44. The van der Waals surface area contributed by atoms with Crippen LogP contribution in [0.2, 0.25) is 0 Å². The molecule has 0 radical (unpaired) electrons. The lowest BCUT2D eigenvalue weighted by atomic mass is 10.2. The molecular weight excluding hydrogens is 236 g/mol. The van der Waals surface area contributed by atoms with Gasteiger partial charge in [-0.15, -0.1) is 0 Å². The van der Waals surface area contributed by atoms with Crippen molar-refractivity contribution in [3.8, 4) is 0 Å². The molecule has 19 heavy (non-hydrogen) atoms. The number of hydrogen-bond donors (Lipinski definition) is 1. The van der Waals surface area contributed by atoms with Crippen LogP contribution in [0.5, 0.6) is 0 Å². The van der Waals surface area contributed by atoms with Gasteiger partial charge in [-0.2, -0.15) is 0 Å². The molecule has 0 aliphatic carbocycles. The molecule has 1 fully saturated rings. The molecule has 0 amide bonds. The van der Waals surface area contributed by atoms with Gasteiger partial charge in [0.2, 0.25) is 0 Å². The lowest BCUT2D eigenvalue weighted by Crippen LogP contribution is -2.26. The number of nitrogens with one attached hydrogen (secondary N) is 1. The minimum absolute atomic E-state index is 0.473. The van der Waals surface area contributed by atoms with Gasteiger partial charge in [0, 0.05) is 38.1 Å². The van der Waals surface area contributed by atoms with Crippen LogP contribution in [-0.2, 0) is 6.54 Å². The predicted molar refractivity (Wildman–Crippen MR) is 75.8 cm³/mol. The number of anilines is 1. The summed E-state index contributed by atoms with van der Waals surface area (Å²) >= 11 is 0. The average molecular weight is 254 g/mol. The number of likely N-dealkylation sites (tertiary alicyclic amines) is 1. The first-order valence-electron chi connectivity index (χ1n) is 6.69. The van der Waals surface area contributed by atoms with Crippen molar-refractivity contribution in [1.29, 1.82) is 0 Å². The van der Waals surface area contributed by atoms with E-state index in [1.807, 2.05) is 0 Å². The molecule has 1 N–H and O–H groups in total. The fourth-order valence-electron chi connectivity index (χ4n) is 2.52.